The fraction of sp³-hybridized carbons (Fsp3) is 0.545. The van der Waals surface area contributed by atoms with Gasteiger partial charge in [0.25, 0.3) is 0 Å². The van der Waals surface area contributed by atoms with E-state index in [2.05, 4.69) is 10.3 Å². The second-order valence-electron chi connectivity index (χ2n) is 3.80. The van der Waals surface area contributed by atoms with Gasteiger partial charge in [-0.05, 0) is 26.1 Å². The van der Waals surface area contributed by atoms with Crippen molar-refractivity contribution in [3.05, 3.63) is 29.6 Å². The molecule has 0 saturated carbocycles. The summed E-state index contributed by atoms with van der Waals surface area (Å²) in [6.45, 7) is 3.57. The third kappa shape index (κ3) is 2.72. The van der Waals surface area contributed by atoms with Crippen molar-refractivity contribution in [1.29, 1.82) is 0 Å². The minimum absolute atomic E-state index is 0.0593. The van der Waals surface area contributed by atoms with Crippen molar-refractivity contribution < 1.29 is 13.2 Å². The lowest BCUT2D eigenvalue weighted by Crippen LogP contribution is -2.29. The zero-order valence-corrected chi connectivity index (χ0v) is 9.47. The number of hydrogen-bond acceptors (Lipinski definition) is 2. The lowest BCUT2D eigenvalue weighted by Gasteiger charge is -2.22. The zero-order valence-electron chi connectivity index (χ0n) is 9.47. The van der Waals surface area contributed by atoms with Gasteiger partial charge in [0.15, 0.2) is 0 Å². The van der Waals surface area contributed by atoms with Gasteiger partial charge in [0, 0.05) is 18.2 Å². The number of nitrogens with one attached hydrogen (secondary N) is 1. The Morgan fingerprint density at radius 1 is 1.31 bits per heavy atom. The van der Waals surface area contributed by atoms with Gasteiger partial charge in [0.1, 0.15) is 0 Å². The molecule has 0 aromatic carbocycles. The number of likely N-dealkylation sites (N-methyl/N-ethyl adjacent to an activating group) is 1. The Bertz CT molecular complexity index is 349. The number of rotatable bonds is 3. The molecule has 0 saturated heterocycles. The molecule has 1 N–H and O–H groups in total. The van der Waals surface area contributed by atoms with Gasteiger partial charge in [-0.3, -0.25) is 4.98 Å². The maximum Gasteiger partial charge on any atom is 0.418 e. The van der Waals surface area contributed by atoms with Crippen molar-refractivity contribution in [2.75, 3.05) is 7.05 Å². The summed E-state index contributed by atoms with van der Waals surface area (Å²) in [4.78, 5) is 3.85. The van der Waals surface area contributed by atoms with Crippen LogP contribution in [0.5, 0.6) is 0 Å². The summed E-state index contributed by atoms with van der Waals surface area (Å²) in [5, 5.41) is 2.93. The van der Waals surface area contributed by atoms with Gasteiger partial charge in [-0.25, -0.2) is 0 Å². The van der Waals surface area contributed by atoms with Gasteiger partial charge in [0.2, 0.25) is 0 Å². The highest BCUT2D eigenvalue weighted by molar-refractivity contribution is 5.26. The van der Waals surface area contributed by atoms with Gasteiger partial charge < -0.3 is 5.32 Å². The second kappa shape index (κ2) is 4.82. The Morgan fingerprint density at radius 2 is 1.94 bits per heavy atom. The Morgan fingerprint density at radius 3 is 2.44 bits per heavy atom. The molecule has 0 aliphatic rings. The zero-order chi connectivity index (χ0) is 12.3. The van der Waals surface area contributed by atoms with Crippen molar-refractivity contribution >= 4 is 0 Å². The van der Waals surface area contributed by atoms with Crippen molar-refractivity contribution in [2.45, 2.75) is 32.0 Å². The van der Waals surface area contributed by atoms with Crippen LogP contribution in [0.15, 0.2) is 18.3 Å². The maximum absolute atomic E-state index is 12.7. The van der Waals surface area contributed by atoms with E-state index in [0.717, 1.165) is 6.07 Å². The number of nitrogens with zero attached hydrogens (tertiary/aromatic N) is 1. The van der Waals surface area contributed by atoms with E-state index in [0.29, 0.717) is 0 Å². The summed E-state index contributed by atoms with van der Waals surface area (Å²) in [6.07, 6.45) is -2.95. The topological polar surface area (TPSA) is 24.9 Å². The summed E-state index contributed by atoms with van der Waals surface area (Å²) in [5.74, 6) is -0.289. The van der Waals surface area contributed by atoms with Crippen LogP contribution in [0.3, 0.4) is 0 Å². The van der Waals surface area contributed by atoms with Crippen molar-refractivity contribution in [2.24, 2.45) is 0 Å². The summed E-state index contributed by atoms with van der Waals surface area (Å²) < 4.78 is 38.1. The maximum atomic E-state index is 12.7. The number of hydrogen-bond donors (Lipinski definition) is 1. The van der Waals surface area contributed by atoms with Crippen LogP contribution in [0.1, 0.15) is 31.0 Å². The highest BCUT2D eigenvalue weighted by atomic mass is 19.4. The number of pyridine rings is 1. The summed E-state index contributed by atoms with van der Waals surface area (Å²) in [6, 6.07) is 2.32. The first-order valence-corrected chi connectivity index (χ1v) is 5.07. The molecule has 0 fully saturated rings. The summed E-state index contributed by atoms with van der Waals surface area (Å²) >= 11 is 0. The Hall–Kier alpha value is -1.10. The Balaban J connectivity index is 3.13. The molecular formula is C11H15F3N2. The van der Waals surface area contributed by atoms with Crippen molar-refractivity contribution in [3.8, 4) is 0 Å². The molecular weight excluding hydrogens is 217 g/mol. The molecule has 0 amide bonds. The molecule has 90 valence electrons. The molecule has 2 unspecified atom stereocenters. The largest absolute Gasteiger partial charge is 0.418 e. The summed E-state index contributed by atoms with van der Waals surface area (Å²) in [7, 11) is 1.72. The lowest BCUT2D eigenvalue weighted by atomic mass is 9.95. The highest BCUT2D eigenvalue weighted by Gasteiger charge is 2.35. The minimum Gasteiger partial charge on any atom is -0.317 e. The SMILES string of the molecule is CNC(C)C(C)c1ncccc1C(F)(F)F. The van der Waals surface area contributed by atoms with Gasteiger partial charge in [0.05, 0.1) is 11.3 Å². The van der Waals surface area contributed by atoms with Gasteiger partial charge in [-0.1, -0.05) is 6.92 Å². The molecule has 0 aliphatic carbocycles. The van der Waals surface area contributed by atoms with Crippen molar-refractivity contribution in [3.63, 3.8) is 0 Å². The molecule has 16 heavy (non-hydrogen) atoms. The predicted octanol–water partition coefficient (Wildman–Crippen LogP) is 2.81. The van der Waals surface area contributed by atoms with Crippen LogP contribution < -0.4 is 5.32 Å². The van der Waals surface area contributed by atoms with Crippen LogP contribution in [-0.2, 0) is 6.18 Å². The number of halogens is 3. The fourth-order valence-corrected chi connectivity index (χ4v) is 1.51. The number of aromatic nitrogens is 1. The van der Waals surface area contributed by atoms with Crippen LogP contribution in [-0.4, -0.2) is 18.1 Å². The van der Waals surface area contributed by atoms with E-state index in [1.54, 1.807) is 14.0 Å². The second-order valence-corrected chi connectivity index (χ2v) is 3.80. The summed E-state index contributed by atoms with van der Waals surface area (Å²) in [5.41, 5.74) is -0.554. The molecule has 0 bridgehead atoms. The molecule has 2 nitrogen and oxygen atoms in total. The van der Waals surface area contributed by atoms with Crippen LogP contribution in [0.4, 0.5) is 13.2 Å². The van der Waals surface area contributed by atoms with E-state index >= 15 is 0 Å². The lowest BCUT2D eigenvalue weighted by molar-refractivity contribution is -0.138. The monoisotopic (exact) mass is 232 g/mol. The first-order valence-electron chi connectivity index (χ1n) is 5.07. The average molecular weight is 232 g/mol. The smallest absolute Gasteiger partial charge is 0.317 e. The van der Waals surface area contributed by atoms with Gasteiger partial charge in [-0.15, -0.1) is 0 Å². The van der Waals surface area contributed by atoms with E-state index < -0.39 is 11.7 Å². The third-order valence-corrected chi connectivity index (χ3v) is 2.78. The molecule has 5 heteroatoms. The fourth-order valence-electron chi connectivity index (χ4n) is 1.51. The predicted molar refractivity (Wildman–Crippen MR) is 56.2 cm³/mol. The highest BCUT2D eigenvalue weighted by Crippen LogP contribution is 2.34. The Labute approximate surface area is 92.9 Å². The van der Waals surface area contributed by atoms with E-state index in [4.69, 9.17) is 0 Å². The molecule has 1 rings (SSSR count). The third-order valence-electron chi connectivity index (χ3n) is 2.78. The Kier molecular flexibility index (Phi) is 3.91. The van der Waals surface area contributed by atoms with Gasteiger partial charge in [-0.2, -0.15) is 13.2 Å². The molecule has 1 aromatic rings. The average Bonchev–Trinajstić information content (AvgIpc) is 2.26. The van der Waals surface area contributed by atoms with E-state index in [1.165, 1.54) is 12.3 Å². The quantitative estimate of drug-likeness (QED) is 0.866. The van der Waals surface area contributed by atoms with E-state index in [-0.39, 0.29) is 17.7 Å². The molecule has 2 atom stereocenters. The number of alkyl halides is 3. The van der Waals surface area contributed by atoms with Gasteiger partial charge >= 0.3 is 6.18 Å². The first kappa shape index (κ1) is 13.0. The van der Waals surface area contributed by atoms with Crippen LogP contribution in [0, 0.1) is 0 Å². The first-order chi connectivity index (χ1) is 7.38. The van der Waals surface area contributed by atoms with Crippen LogP contribution in [0.2, 0.25) is 0 Å². The molecule has 1 aromatic heterocycles. The molecule has 0 aliphatic heterocycles. The van der Waals surface area contributed by atoms with Crippen LogP contribution in [0.25, 0.3) is 0 Å². The molecule has 0 spiro atoms. The minimum atomic E-state index is -4.34. The molecule has 0 radical (unpaired) electrons. The van der Waals surface area contributed by atoms with E-state index in [9.17, 15) is 13.2 Å². The normalized spacial score (nSPS) is 15.9. The van der Waals surface area contributed by atoms with Crippen LogP contribution >= 0.6 is 0 Å². The van der Waals surface area contributed by atoms with Crippen molar-refractivity contribution in [1.82, 2.24) is 10.3 Å². The standard InChI is InChI=1S/C11H15F3N2/c1-7(8(2)15-3)10-9(11(12,13)14)5-4-6-16-10/h4-8,15H,1-3H3. The van der Waals surface area contributed by atoms with E-state index in [1.807, 2.05) is 6.92 Å². The molecule has 1 heterocycles.